The minimum Gasteiger partial charge on any atom is -0.383 e. The number of nitrogens with one attached hydrogen (secondary N) is 1. The van der Waals surface area contributed by atoms with Crippen molar-refractivity contribution in [3.8, 4) is 0 Å². The lowest BCUT2D eigenvalue weighted by molar-refractivity contribution is 0.159. The molecule has 20 heavy (non-hydrogen) atoms. The van der Waals surface area contributed by atoms with Crippen LogP contribution in [0.3, 0.4) is 0 Å². The summed E-state index contributed by atoms with van der Waals surface area (Å²) in [6, 6.07) is 3.21. The monoisotopic (exact) mass is 361 g/mol. The zero-order valence-electron chi connectivity index (χ0n) is 11.4. The van der Waals surface area contributed by atoms with Crippen molar-refractivity contribution in [1.82, 2.24) is 14.5 Å². The third-order valence-electron chi connectivity index (χ3n) is 3.20. The molecular weight excluding hydrogens is 345 g/mol. The van der Waals surface area contributed by atoms with Crippen molar-refractivity contribution in [2.45, 2.75) is 6.54 Å². The molecule has 4 nitrogen and oxygen atoms in total. The Hall–Kier alpha value is -0.760. The number of methoxy groups -OCH3 is 1. The Balaban J connectivity index is 2.19. The van der Waals surface area contributed by atoms with Crippen LogP contribution >= 0.6 is 28.1 Å². The summed E-state index contributed by atoms with van der Waals surface area (Å²) in [6.07, 6.45) is 0. The van der Waals surface area contributed by atoms with Crippen LogP contribution in [0.4, 0.5) is 4.39 Å². The van der Waals surface area contributed by atoms with Crippen LogP contribution in [0.25, 0.3) is 11.0 Å². The Kier molecular flexibility index (Phi) is 5.31. The Morgan fingerprint density at radius 1 is 1.45 bits per heavy atom. The van der Waals surface area contributed by atoms with E-state index in [1.54, 1.807) is 13.2 Å². The maximum Gasteiger partial charge on any atom is 0.178 e. The molecule has 0 fully saturated rings. The number of hydrogen-bond acceptors (Lipinski definition) is 3. The molecule has 0 saturated heterocycles. The van der Waals surface area contributed by atoms with Gasteiger partial charge in [0.1, 0.15) is 5.82 Å². The maximum atomic E-state index is 13.7. The van der Waals surface area contributed by atoms with Gasteiger partial charge in [0.2, 0.25) is 0 Å². The van der Waals surface area contributed by atoms with E-state index < -0.39 is 0 Å². The molecule has 0 aliphatic rings. The smallest absolute Gasteiger partial charge is 0.178 e. The highest BCUT2D eigenvalue weighted by Crippen LogP contribution is 2.23. The quantitative estimate of drug-likeness (QED) is 0.802. The second-order valence-electron chi connectivity index (χ2n) is 4.66. The van der Waals surface area contributed by atoms with E-state index in [1.807, 2.05) is 11.6 Å². The highest BCUT2D eigenvalue weighted by atomic mass is 79.9. The molecule has 1 aromatic carbocycles. The number of ether oxygens (including phenoxy) is 1. The van der Waals surface area contributed by atoms with Gasteiger partial charge in [-0.25, -0.2) is 4.39 Å². The first-order valence-corrected chi connectivity index (χ1v) is 7.48. The van der Waals surface area contributed by atoms with Crippen LogP contribution in [0.15, 0.2) is 16.6 Å². The van der Waals surface area contributed by atoms with E-state index in [-0.39, 0.29) is 5.82 Å². The molecule has 0 atom stereocenters. The molecule has 0 unspecified atom stereocenters. The molecule has 1 N–H and O–H groups in total. The second-order valence-corrected chi connectivity index (χ2v) is 5.90. The standard InChI is InChI=1S/C13H17BrFN3OS/c1-17(5-6-19-2)3-4-18-12-8-10(15)9(14)7-11(12)16-13(18)20/h7-8H,3-6H2,1-2H3,(H,16,20). The molecule has 0 saturated carbocycles. The summed E-state index contributed by atoms with van der Waals surface area (Å²) in [4.78, 5) is 5.25. The molecular formula is C13H17BrFN3OS. The summed E-state index contributed by atoms with van der Waals surface area (Å²) in [5, 5.41) is 0. The van der Waals surface area contributed by atoms with Crippen molar-refractivity contribution in [2.75, 3.05) is 33.9 Å². The average Bonchev–Trinajstić information content (AvgIpc) is 2.70. The van der Waals surface area contributed by atoms with Gasteiger partial charge in [-0.15, -0.1) is 0 Å². The zero-order valence-corrected chi connectivity index (χ0v) is 13.9. The molecule has 1 heterocycles. The number of hydrogen-bond donors (Lipinski definition) is 1. The maximum absolute atomic E-state index is 13.7. The topological polar surface area (TPSA) is 33.2 Å². The highest BCUT2D eigenvalue weighted by molar-refractivity contribution is 9.10. The van der Waals surface area contributed by atoms with Gasteiger partial charge < -0.3 is 19.2 Å². The number of halogens is 2. The molecule has 2 aromatic rings. The van der Waals surface area contributed by atoms with E-state index in [9.17, 15) is 4.39 Å². The van der Waals surface area contributed by atoms with Crippen LogP contribution in [-0.4, -0.2) is 48.3 Å². The van der Waals surface area contributed by atoms with Gasteiger partial charge in [0.15, 0.2) is 4.77 Å². The Morgan fingerprint density at radius 2 is 2.20 bits per heavy atom. The first-order chi connectivity index (χ1) is 9.52. The van der Waals surface area contributed by atoms with E-state index in [0.717, 1.165) is 24.1 Å². The van der Waals surface area contributed by atoms with Crippen LogP contribution in [0.2, 0.25) is 0 Å². The van der Waals surface area contributed by atoms with Gasteiger partial charge in [-0.3, -0.25) is 0 Å². The third-order valence-corrected chi connectivity index (χ3v) is 4.13. The summed E-state index contributed by atoms with van der Waals surface area (Å²) in [5.74, 6) is -0.284. The molecule has 0 aliphatic carbocycles. The zero-order chi connectivity index (χ0) is 14.7. The van der Waals surface area contributed by atoms with Crippen LogP contribution in [0, 0.1) is 10.6 Å². The van der Waals surface area contributed by atoms with Crippen molar-refractivity contribution in [1.29, 1.82) is 0 Å². The molecule has 110 valence electrons. The molecule has 0 aliphatic heterocycles. The molecule has 1 aromatic heterocycles. The molecule has 0 spiro atoms. The lowest BCUT2D eigenvalue weighted by atomic mass is 10.3. The van der Waals surface area contributed by atoms with Crippen LogP contribution in [0.5, 0.6) is 0 Å². The van der Waals surface area contributed by atoms with Gasteiger partial charge in [-0.1, -0.05) is 0 Å². The molecule has 0 radical (unpaired) electrons. The second kappa shape index (κ2) is 6.80. The summed E-state index contributed by atoms with van der Waals surface area (Å²) < 4.78 is 21.7. The minimum atomic E-state index is -0.284. The number of imidazole rings is 1. The normalized spacial score (nSPS) is 11.7. The molecule has 7 heteroatoms. The fourth-order valence-electron chi connectivity index (χ4n) is 2.00. The van der Waals surface area contributed by atoms with E-state index in [4.69, 9.17) is 17.0 Å². The Morgan fingerprint density at radius 3 is 2.90 bits per heavy atom. The number of benzene rings is 1. The summed E-state index contributed by atoms with van der Waals surface area (Å²) in [7, 11) is 3.71. The van der Waals surface area contributed by atoms with Crippen molar-refractivity contribution in [3.63, 3.8) is 0 Å². The van der Waals surface area contributed by atoms with Crippen LogP contribution < -0.4 is 0 Å². The number of fused-ring (bicyclic) bond motifs is 1. The van der Waals surface area contributed by atoms with Crippen LogP contribution in [-0.2, 0) is 11.3 Å². The first-order valence-electron chi connectivity index (χ1n) is 6.28. The highest BCUT2D eigenvalue weighted by Gasteiger charge is 2.09. The number of nitrogens with zero attached hydrogens (tertiary/aromatic N) is 2. The van der Waals surface area contributed by atoms with Gasteiger partial charge >= 0.3 is 0 Å². The van der Waals surface area contributed by atoms with E-state index in [1.165, 1.54) is 6.07 Å². The first kappa shape index (κ1) is 15.6. The number of likely N-dealkylation sites (N-methyl/N-ethyl adjacent to an activating group) is 1. The van der Waals surface area contributed by atoms with E-state index in [2.05, 4.69) is 25.8 Å². The fraction of sp³-hybridized carbons (Fsp3) is 0.462. The lowest BCUT2D eigenvalue weighted by Crippen LogP contribution is -2.26. The van der Waals surface area contributed by atoms with Gasteiger partial charge in [0.05, 0.1) is 22.1 Å². The number of rotatable bonds is 6. The molecule has 0 bridgehead atoms. The van der Waals surface area contributed by atoms with Gasteiger partial charge in [0.25, 0.3) is 0 Å². The minimum absolute atomic E-state index is 0.284. The largest absolute Gasteiger partial charge is 0.383 e. The van der Waals surface area contributed by atoms with Gasteiger partial charge in [-0.2, -0.15) is 0 Å². The third kappa shape index (κ3) is 3.46. The van der Waals surface area contributed by atoms with E-state index >= 15 is 0 Å². The summed E-state index contributed by atoms with van der Waals surface area (Å²) >= 11 is 8.49. The lowest BCUT2D eigenvalue weighted by Gasteiger charge is -2.16. The Labute approximate surface area is 130 Å². The SMILES string of the molecule is COCCN(C)CCn1c(=S)[nH]c2cc(Br)c(F)cc21. The average molecular weight is 362 g/mol. The number of aromatic amines is 1. The van der Waals surface area contributed by atoms with Crippen molar-refractivity contribution >= 4 is 39.2 Å². The summed E-state index contributed by atoms with van der Waals surface area (Å²) in [6.45, 7) is 3.08. The van der Waals surface area contributed by atoms with E-state index in [0.29, 0.717) is 22.4 Å². The van der Waals surface area contributed by atoms with Gasteiger partial charge in [-0.05, 0) is 41.3 Å². The Bertz CT molecular complexity index is 655. The predicted octanol–water partition coefficient (Wildman–Crippen LogP) is 3.18. The van der Waals surface area contributed by atoms with Crippen molar-refractivity contribution < 1.29 is 9.13 Å². The molecule has 0 amide bonds. The summed E-state index contributed by atoms with van der Waals surface area (Å²) in [5.41, 5.74) is 1.62. The fourth-order valence-corrected chi connectivity index (χ4v) is 2.65. The van der Waals surface area contributed by atoms with Crippen molar-refractivity contribution in [3.05, 3.63) is 27.2 Å². The van der Waals surface area contributed by atoms with Crippen molar-refractivity contribution in [2.24, 2.45) is 0 Å². The predicted molar refractivity (Wildman–Crippen MR) is 84.2 cm³/mol. The number of H-pyrrole nitrogens is 1. The van der Waals surface area contributed by atoms with Crippen LogP contribution in [0.1, 0.15) is 0 Å². The van der Waals surface area contributed by atoms with Gasteiger partial charge in [0, 0.05) is 32.8 Å². The molecule has 2 rings (SSSR count). The number of aromatic nitrogens is 2.